The maximum Gasteiger partial charge on any atom is 0.295 e. The summed E-state index contributed by atoms with van der Waals surface area (Å²) in [6.07, 6.45) is 2.69. The second-order valence-corrected chi connectivity index (χ2v) is 15.3. The highest BCUT2D eigenvalue weighted by atomic mass is 32.2. The van der Waals surface area contributed by atoms with E-state index in [-0.39, 0.29) is 72.5 Å². The maximum atomic E-state index is 12.0. The number of aromatic hydroxyl groups is 3. The van der Waals surface area contributed by atoms with Crippen molar-refractivity contribution < 1.29 is 71.9 Å². The molecule has 6 aromatic rings. The van der Waals surface area contributed by atoms with E-state index in [0.717, 1.165) is 24.3 Å². The molecule has 64 heavy (non-hydrogen) atoms. The Kier molecular flexibility index (Phi) is 15.1. The molecule has 6 rings (SSSR count). The van der Waals surface area contributed by atoms with E-state index in [4.69, 9.17) is 20.0 Å². The molecule has 0 unspecified atom stereocenters. The van der Waals surface area contributed by atoms with Crippen LogP contribution in [0.4, 0.5) is 39.8 Å². The molecule has 0 saturated carbocycles. The minimum atomic E-state index is -4.85. The van der Waals surface area contributed by atoms with Crippen LogP contribution >= 0.6 is 24.1 Å². The van der Waals surface area contributed by atoms with Gasteiger partial charge in [0, 0.05) is 40.6 Å². The number of hydrogen-bond acceptors (Lipinski definition) is 23. The van der Waals surface area contributed by atoms with Crippen molar-refractivity contribution in [2.45, 2.75) is 14.7 Å². The fraction of sp³-hybridized carbons (Fsp3) is 0.0526. The summed E-state index contributed by atoms with van der Waals surface area (Å²) in [5.74, 6) is -0.492. The molecule has 0 atom stereocenters. The molecule has 0 aliphatic heterocycles. The van der Waals surface area contributed by atoms with E-state index in [1.807, 2.05) is 0 Å². The third kappa shape index (κ3) is 11.3. The zero-order valence-electron chi connectivity index (χ0n) is 32.4. The van der Waals surface area contributed by atoms with Gasteiger partial charge in [0.25, 0.3) is 15.8 Å². The van der Waals surface area contributed by atoms with Crippen molar-refractivity contribution in [3.8, 4) is 28.7 Å². The van der Waals surface area contributed by atoms with Gasteiger partial charge in [0.05, 0.1) is 59.5 Å². The van der Waals surface area contributed by atoms with Gasteiger partial charge in [0.15, 0.2) is 5.75 Å². The van der Waals surface area contributed by atoms with Crippen molar-refractivity contribution in [3.63, 3.8) is 0 Å². The average Bonchev–Trinajstić information content (AvgIpc) is 3.27. The predicted molar refractivity (Wildman–Crippen MR) is 227 cm³/mol. The molecule has 0 amide bonds. The summed E-state index contributed by atoms with van der Waals surface area (Å²) >= 11 is 1.05. The molecule has 0 spiro atoms. The smallest absolute Gasteiger partial charge is 0.295 e. The quantitative estimate of drug-likeness (QED) is 0.00886. The molecule has 0 fully saturated rings. The summed E-state index contributed by atoms with van der Waals surface area (Å²) in [5, 5.41) is 93.2. The lowest BCUT2D eigenvalue weighted by Gasteiger charge is -2.11. The van der Waals surface area contributed by atoms with E-state index in [2.05, 4.69) is 49.4 Å². The first-order valence-electron chi connectivity index (χ1n) is 17.4. The number of benzene rings is 6. The van der Waals surface area contributed by atoms with E-state index < -0.39 is 25.6 Å². The number of rotatable bonds is 18. The number of fused-ring (bicyclic) bond motifs is 1. The summed E-state index contributed by atoms with van der Waals surface area (Å²) in [6, 6.07) is 20.3. The number of methoxy groups -OCH3 is 2. The zero-order valence-corrected chi connectivity index (χ0v) is 34.9. The fourth-order valence-electron chi connectivity index (χ4n) is 5.58. The van der Waals surface area contributed by atoms with Gasteiger partial charge in [-0.3, -0.25) is 14.7 Å². The molecule has 0 aromatic heterocycles. The van der Waals surface area contributed by atoms with Crippen LogP contribution in [-0.2, 0) is 28.9 Å². The van der Waals surface area contributed by atoms with Crippen molar-refractivity contribution >= 4 is 96.9 Å². The monoisotopic (exact) mass is 935 g/mol. The number of nitrogens with zero attached hydrogens (tertiary/aromatic N) is 7. The number of phenols is 3. The van der Waals surface area contributed by atoms with Gasteiger partial charge >= 0.3 is 0 Å². The minimum Gasteiger partial charge on any atom is -0.508 e. The Hall–Kier alpha value is -7.11. The molecule has 0 aliphatic rings. The van der Waals surface area contributed by atoms with Crippen LogP contribution in [0.15, 0.2) is 136 Å². The fourth-order valence-corrected chi connectivity index (χ4v) is 7.29. The Bertz CT molecular complexity index is 2970. The van der Waals surface area contributed by atoms with Crippen LogP contribution in [0.1, 0.15) is 11.1 Å². The highest BCUT2D eigenvalue weighted by molar-refractivity contribution is 7.95. The van der Waals surface area contributed by atoms with Gasteiger partial charge in [-0.25, -0.2) is 10.5 Å². The number of azo groups is 3. The standard InChI is InChI=1S/C38H29N7O16S3/c1-56-32-19-30(43-44-37-35(63-61-59-52)14-22-13-23(8-11-27(22)38(37)48)39-41-28-12-10-26(46)17-31(28)47)33(57-2)18-29(32)42-40-24-7-5-20(34(15-24)62-60-58-51)3-4-21-6-9-25(45(49)50)16-36(21)64(53,54)55/h3-19,46-48,51-52H,1-2H3,(H,53,54,55). The lowest BCUT2D eigenvalue weighted by molar-refractivity contribution is -0.432. The van der Waals surface area contributed by atoms with Gasteiger partial charge in [-0.1, -0.05) is 28.3 Å². The molecule has 6 aromatic carbocycles. The molecular formula is C38H29N7O16S3. The summed E-state index contributed by atoms with van der Waals surface area (Å²) < 4.78 is 54.0. The van der Waals surface area contributed by atoms with E-state index in [0.29, 0.717) is 46.1 Å². The Morgan fingerprint density at radius 2 is 1.25 bits per heavy atom. The maximum absolute atomic E-state index is 12.0. The minimum absolute atomic E-state index is 0.0690. The number of non-ortho nitro benzene ring substituents is 1. The number of nitro groups is 1. The predicted octanol–water partition coefficient (Wildman–Crippen LogP) is 11.4. The first kappa shape index (κ1) is 46.4. The van der Waals surface area contributed by atoms with Crippen LogP contribution in [-0.4, -0.2) is 57.9 Å². The molecule has 0 aliphatic carbocycles. The van der Waals surface area contributed by atoms with Gasteiger partial charge < -0.3 is 24.8 Å². The second kappa shape index (κ2) is 20.8. The Morgan fingerprint density at radius 1 is 0.656 bits per heavy atom. The second-order valence-electron chi connectivity index (χ2n) is 12.4. The van der Waals surface area contributed by atoms with Crippen molar-refractivity contribution in [1.29, 1.82) is 0 Å². The Morgan fingerprint density at radius 3 is 1.88 bits per heavy atom. The molecule has 330 valence electrons. The summed E-state index contributed by atoms with van der Waals surface area (Å²) in [6.45, 7) is 0. The van der Waals surface area contributed by atoms with Crippen LogP contribution in [0.3, 0.4) is 0 Å². The highest BCUT2D eigenvalue weighted by Crippen LogP contribution is 2.47. The molecule has 0 radical (unpaired) electrons. The average molecular weight is 936 g/mol. The van der Waals surface area contributed by atoms with Crippen LogP contribution in [0.5, 0.6) is 28.7 Å². The molecule has 0 bridgehead atoms. The van der Waals surface area contributed by atoms with Gasteiger partial charge in [-0.15, -0.1) is 29.1 Å². The van der Waals surface area contributed by atoms with Crippen molar-refractivity contribution in [1.82, 2.24) is 0 Å². The van der Waals surface area contributed by atoms with Crippen LogP contribution in [0.2, 0.25) is 0 Å². The normalized spacial score (nSPS) is 12.1. The third-order valence-electron chi connectivity index (χ3n) is 8.51. The van der Waals surface area contributed by atoms with E-state index >= 15 is 0 Å². The largest absolute Gasteiger partial charge is 0.508 e. The number of hydrogen-bond donors (Lipinski definition) is 6. The molecule has 23 nitrogen and oxygen atoms in total. The van der Waals surface area contributed by atoms with Crippen LogP contribution in [0, 0.1) is 10.1 Å². The van der Waals surface area contributed by atoms with E-state index in [9.17, 15) is 38.4 Å². The van der Waals surface area contributed by atoms with Gasteiger partial charge in [-0.05, 0) is 71.1 Å². The first-order valence-corrected chi connectivity index (χ1v) is 20.4. The highest BCUT2D eigenvalue weighted by Gasteiger charge is 2.20. The molecule has 0 saturated heterocycles. The summed E-state index contributed by atoms with van der Waals surface area (Å²) in [4.78, 5) is 10.1. The lowest BCUT2D eigenvalue weighted by atomic mass is 10.1. The summed E-state index contributed by atoms with van der Waals surface area (Å²) in [7, 11) is -2.13. The Labute approximate surface area is 368 Å². The van der Waals surface area contributed by atoms with Gasteiger partial charge in [-0.2, -0.15) is 18.6 Å². The van der Waals surface area contributed by atoms with Gasteiger partial charge in [0.2, 0.25) is 0 Å². The van der Waals surface area contributed by atoms with Crippen LogP contribution < -0.4 is 9.47 Å². The lowest BCUT2D eigenvalue weighted by Crippen LogP contribution is -2.02. The SMILES string of the molecule is COc1cc(N=Nc2c(SOOO)cc3cc(N=Nc4ccc(O)cc4O)ccc3c2O)c(OC)cc1N=Nc1ccc(C=Cc2ccc([N+](=O)[O-])cc2S(=O)(=O)O)c(SOOO)c1. The van der Waals surface area contributed by atoms with Crippen molar-refractivity contribution in [2.75, 3.05) is 14.2 Å². The van der Waals surface area contributed by atoms with Crippen molar-refractivity contribution in [2.24, 2.45) is 30.7 Å². The van der Waals surface area contributed by atoms with E-state index in [1.54, 1.807) is 24.3 Å². The number of nitro benzene ring substituents is 1. The molecule has 0 heterocycles. The number of ether oxygens (including phenoxy) is 2. The van der Waals surface area contributed by atoms with Crippen LogP contribution in [0.25, 0.3) is 22.9 Å². The van der Waals surface area contributed by atoms with E-state index in [1.165, 1.54) is 68.8 Å². The molecule has 6 N–H and O–H groups in total. The third-order valence-corrected chi connectivity index (χ3v) is 10.7. The van der Waals surface area contributed by atoms with Gasteiger partial charge in [0.1, 0.15) is 50.6 Å². The Balaban J connectivity index is 1.29. The number of phenolic OH excluding ortho intramolecular Hbond substituents is 3. The topological polar surface area (TPSA) is 328 Å². The zero-order chi connectivity index (χ0) is 46.0. The summed E-state index contributed by atoms with van der Waals surface area (Å²) in [5.41, 5.74) is 0.578. The molecular weight excluding hydrogens is 907 g/mol. The first-order chi connectivity index (χ1) is 30.7. The van der Waals surface area contributed by atoms with Crippen molar-refractivity contribution in [3.05, 3.63) is 112 Å². The molecule has 26 heteroatoms.